The monoisotopic (exact) mass is 351 g/mol. The van der Waals surface area contributed by atoms with Crippen LogP contribution in [0.1, 0.15) is 15.9 Å². The number of benzene rings is 2. The van der Waals surface area contributed by atoms with Crippen LogP contribution in [0.15, 0.2) is 30.3 Å². The Morgan fingerprint density at radius 3 is 2.20 bits per heavy atom. The van der Waals surface area contributed by atoms with E-state index in [-0.39, 0.29) is 12.1 Å². The first kappa shape index (κ1) is 18.5. The van der Waals surface area contributed by atoms with Gasteiger partial charge in [-0.25, -0.2) is 8.78 Å². The number of amides is 1. The number of halogens is 2. The van der Waals surface area contributed by atoms with E-state index in [9.17, 15) is 13.6 Å². The molecule has 0 fully saturated rings. The molecule has 0 atom stereocenters. The summed E-state index contributed by atoms with van der Waals surface area (Å²) in [6.07, 6.45) is 0.374. The lowest BCUT2D eigenvalue weighted by Gasteiger charge is -2.15. The molecule has 0 saturated carbocycles. The van der Waals surface area contributed by atoms with Gasteiger partial charge in [-0.05, 0) is 24.6 Å². The largest absolute Gasteiger partial charge is 0.496 e. The number of rotatable bonds is 7. The van der Waals surface area contributed by atoms with Crippen molar-refractivity contribution in [3.8, 4) is 17.2 Å². The number of methoxy groups -OCH3 is 3. The Hall–Kier alpha value is -2.83. The second-order valence-electron chi connectivity index (χ2n) is 5.14. The molecule has 7 heteroatoms. The van der Waals surface area contributed by atoms with Crippen LogP contribution in [0.5, 0.6) is 17.2 Å². The maximum Gasteiger partial charge on any atom is 0.254 e. The van der Waals surface area contributed by atoms with Crippen molar-refractivity contribution in [2.24, 2.45) is 0 Å². The number of hydrogen-bond donors (Lipinski definition) is 1. The van der Waals surface area contributed by atoms with Crippen LogP contribution < -0.4 is 19.5 Å². The number of hydrogen-bond acceptors (Lipinski definition) is 4. The van der Waals surface area contributed by atoms with Crippen LogP contribution in [0.25, 0.3) is 0 Å². The smallest absolute Gasteiger partial charge is 0.254 e. The Morgan fingerprint density at radius 2 is 1.64 bits per heavy atom. The Labute approximate surface area is 144 Å². The van der Waals surface area contributed by atoms with Gasteiger partial charge in [0.15, 0.2) is 0 Å². The highest BCUT2D eigenvalue weighted by atomic mass is 19.1. The molecule has 0 spiro atoms. The SMILES string of the molecule is COc1cc(OC)c(CCNC(=O)c2cc(F)ccc2F)c(OC)c1. The summed E-state index contributed by atoms with van der Waals surface area (Å²) in [5.41, 5.74) is 0.388. The molecule has 0 unspecified atom stereocenters. The Balaban J connectivity index is 2.11. The van der Waals surface area contributed by atoms with Gasteiger partial charge in [-0.15, -0.1) is 0 Å². The van der Waals surface area contributed by atoms with E-state index in [0.29, 0.717) is 23.7 Å². The Kier molecular flexibility index (Phi) is 6.16. The van der Waals surface area contributed by atoms with Crippen LogP contribution in [0.4, 0.5) is 8.78 Å². The molecule has 0 aliphatic rings. The fourth-order valence-corrected chi connectivity index (χ4v) is 2.39. The van der Waals surface area contributed by atoms with E-state index >= 15 is 0 Å². The van der Waals surface area contributed by atoms with Crippen molar-refractivity contribution in [2.75, 3.05) is 27.9 Å². The van der Waals surface area contributed by atoms with Crippen molar-refractivity contribution in [3.63, 3.8) is 0 Å². The van der Waals surface area contributed by atoms with E-state index in [4.69, 9.17) is 14.2 Å². The number of nitrogens with one attached hydrogen (secondary N) is 1. The van der Waals surface area contributed by atoms with E-state index in [1.165, 1.54) is 21.3 Å². The average Bonchev–Trinajstić information content (AvgIpc) is 2.63. The minimum Gasteiger partial charge on any atom is -0.496 e. The zero-order valence-corrected chi connectivity index (χ0v) is 14.2. The van der Waals surface area contributed by atoms with Crippen molar-refractivity contribution >= 4 is 5.91 Å². The first-order valence-corrected chi connectivity index (χ1v) is 7.52. The molecule has 2 aromatic carbocycles. The summed E-state index contributed by atoms with van der Waals surface area (Å²) >= 11 is 0. The van der Waals surface area contributed by atoms with E-state index in [2.05, 4.69) is 5.32 Å². The van der Waals surface area contributed by atoms with Gasteiger partial charge in [-0.3, -0.25) is 4.79 Å². The lowest BCUT2D eigenvalue weighted by Crippen LogP contribution is -2.27. The van der Waals surface area contributed by atoms with E-state index in [1.807, 2.05) is 0 Å². The van der Waals surface area contributed by atoms with Gasteiger partial charge in [0, 0.05) is 24.2 Å². The first-order chi connectivity index (χ1) is 12.0. The number of carbonyl (C=O) groups excluding carboxylic acids is 1. The van der Waals surface area contributed by atoms with Crippen molar-refractivity contribution < 1.29 is 27.8 Å². The fourth-order valence-electron chi connectivity index (χ4n) is 2.39. The standard InChI is InChI=1S/C18H19F2NO4/c1-23-12-9-16(24-2)13(17(10-12)25-3)6-7-21-18(22)14-8-11(19)4-5-15(14)20/h4-5,8-10H,6-7H2,1-3H3,(H,21,22). The molecule has 134 valence electrons. The second kappa shape index (κ2) is 8.32. The van der Waals surface area contributed by atoms with Gasteiger partial charge in [0.25, 0.3) is 5.91 Å². The van der Waals surface area contributed by atoms with Crippen LogP contribution in [0, 0.1) is 11.6 Å². The molecule has 0 aromatic heterocycles. The number of ether oxygens (including phenoxy) is 3. The lowest BCUT2D eigenvalue weighted by atomic mass is 10.1. The molecule has 0 heterocycles. The Morgan fingerprint density at radius 1 is 1.00 bits per heavy atom. The van der Waals surface area contributed by atoms with Gasteiger partial charge >= 0.3 is 0 Å². The first-order valence-electron chi connectivity index (χ1n) is 7.52. The van der Waals surface area contributed by atoms with Gasteiger partial charge < -0.3 is 19.5 Å². The second-order valence-corrected chi connectivity index (χ2v) is 5.14. The third-order valence-electron chi connectivity index (χ3n) is 3.65. The van der Waals surface area contributed by atoms with Gasteiger partial charge in [0.1, 0.15) is 28.9 Å². The van der Waals surface area contributed by atoms with Crippen molar-refractivity contribution in [1.82, 2.24) is 5.32 Å². The van der Waals surface area contributed by atoms with E-state index < -0.39 is 17.5 Å². The summed E-state index contributed by atoms with van der Waals surface area (Å²) in [6.45, 7) is 0.188. The summed E-state index contributed by atoms with van der Waals surface area (Å²) in [6, 6.07) is 6.13. The minimum atomic E-state index is -0.779. The topological polar surface area (TPSA) is 56.8 Å². The quantitative estimate of drug-likeness (QED) is 0.833. The van der Waals surface area contributed by atoms with Crippen molar-refractivity contribution in [1.29, 1.82) is 0 Å². The lowest BCUT2D eigenvalue weighted by molar-refractivity contribution is 0.0949. The van der Waals surface area contributed by atoms with Gasteiger partial charge in [0.05, 0.1) is 26.9 Å². The molecule has 5 nitrogen and oxygen atoms in total. The number of carbonyl (C=O) groups is 1. The summed E-state index contributed by atoms with van der Waals surface area (Å²) in [4.78, 5) is 12.0. The normalized spacial score (nSPS) is 10.3. The molecule has 0 bridgehead atoms. The zero-order chi connectivity index (χ0) is 18.4. The van der Waals surface area contributed by atoms with E-state index in [0.717, 1.165) is 23.8 Å². The van der Waals surface area contributed by atoms with Crippen molar-refractivity contribution in [3.05, 3.63) is 53.1 Å². The molecular weight excluding hydrogens is 332 g/mol. The summed E-state index contributed by atoms with van der Waals surface area (Å²) in [7, 11) is 4.55. The van der Waals surface area contributed by atoms with Crippen LogP contribution in [-0.4, -0.2) is 33.8 Å². The molecular formula is C18H19F2NO4. The molecule has 0 aliphatic heterocycles. The van der Waals surface area contributed by atoms with Crippen molar-refractivity contribution in [2.45, 2.75) is 6.42 Å². The van der Waals surface area contributed by atoms with Crippen LogP contribution in [0.3, 0.4) is 0 Å². The molecule has 0 radical (unpaired) electrons. The predicted molar refractivity (Wildman–Crippen MR) is 88.5 cm³/mol. The fraction of sp³-hybridized carbons (Fsp3) is 0.278. The predicted octanol–water partition coefficient (Wildman–Crippen LogP) is 2.96. The summed E-state index contributed by atoms with van der Waals surface area (Å²) < 4.78 is 42.6. The third kappa shape index (κ3) is 4.37. The highest BCUT2D eigenvalue weighted by molar-refractivity contribution is 5.94. The molecule has 2 rings (SSSR count). The Bertz CT molecular complexity index is 740. The average molecular weight is 351 g/mol. The molecule has 1 N–H and O–H groups in total. The summed E-state index contributed by atoms with van der Waals surface area (Å²) in [5, 5.41) is 2.56. The van der Waals surface area contributed by atoms with Crippen LogP contribution in [0.2, 0.25) is 0 Å². The molecule has 2 aromatic rings. The van der Waals surface area contributed by atoms with Gasteiger partial charge in [-0.2, -0.15) is 0 Å². The molecule has 0 aliphatic carbocycles. The highest BCUT2D eigenvalue weighted by Gasteiger charge is 2.15. The van der Waals surface area contributed by atoms with Crippen LogP contribution in [-0.2, 0) is 6.42 Å². The molecule has 1 amide bonds. The minimum absolute atomic E-state index is 0.188. The van der Waals surface area contributed by atoms with Gasteiger partial charge in [-0.1, -0.05) is 0 Å². The highest BCUT2D eigenvalue weighted by Crippen LogP contribution is 2.34. The third-order valence-corrected chi connectivity index (χ3v) is 3.65. The van der Waals surface area contributed by atoms with Gasteiger partial charge in [0.2, 0.25) is 0 Å². The maximum atomic E-state index is 13.6. The molecule has 0 saturated heterocycles. The molecule has 25 heavy (non-hydrogen) atoms. The zero-order valence-electron chi connectivity index (χ0n) is 14.2. The van der Waals surface area contributed by atoms with E-state index in [1.54, 1.807) is 12.1 Å². The van der Waals surface area contributed by atoms with Crippen LogP contribution >= 0.6 is 0 Å². The maximum absolute atomic E-state index is 13.6. The summed E-state index contributed by atoms with van der Waals surface area (Å²) in [5.74, 6) is -0.486.